The third-order valence-electron chi connectivity index (χ3n) is 5.54. The van der Waals surface area contributed by atoms with E-state index < -0.39 is 0 Å². The molecule has 0 radical (unpaired) electrons. The lowest BCUT2D eigenvalue weighted by Crippen LogP contribution is -2.42. The summed E-state index contributed by atoms with van der Waals surface area (Å²) in [7, 11) is 1.84. The fourth-order valence-electron chi connectivity index (χ4n) is 4.09. The molecule has 7 heteroatoms. The summed E-state index contributed by atoms with van der Waals surface area (Å²) in [6, 6.07) is 2.75. The van der Waals surface area contributed by atoms with Crippen LogP contribution in [0.2, 0.25) is 0 Å². The average molecular weight is 356 g/mol. The molecule has 3 N–H and O–H groups in total. The van der Waals surface area contributed by atoms with E-state index in [0.29, 0.717) is 11.7 Å². The van der Waals surface area contributed by atoms with Crippen LogP contribution in [0, 0.1) is 0 Å². The van der Waals surface area contributed by atoms with Gasteiger partial charge in [0.1, 0.15) is 0 Å². The number of piperidine rings is 1. The van der Waals surface area contributed by atoms with Crippen LogP contribution in [-0.2, 0) is 7.05 Å². The maximum Gasteiger partial charge on any atom is 0.272 e. The third-order valence-corrected chi connectivity index (χ3v) is 5.54. The molecule has 4 rings (SSSR count). The Morgan fingerprint density at radius 2 is 1.92 bits per heavy atom. The van der Waals surface area contributed by atoms with Gasteiger partial charge in [-0.15, -0.1) is 0 Å². The molecule has 26 heavy (non-hydrogen) atoms. The second-order valence-corrected chi connectivity index (χ2v) is 7.54. The van der Waals surface area contributed by atoms with Crippen molar-refractivity contribution in [1.82, 2.24) is 25.4 Å². The Kier molecular flexibility index (Phi) is 5.06. The van der Waals surface area contributed by atoms with Crippen molar-refractivity contribution >= 4 is 22.6 Å². The van der Waals surface area contributed by atoms with Crippen LogP contribution in [0.15, 0.2) is 12.3 Å². The standard InChI is InChI=1S/C19H28N6O/c1-25-18-16(11-15(12-21-18)22-13-5-3-2-4-6-13)17(24-25)19(26)23-14-7-9-20-10-8-14/h11-14,20,22H,2-10H2,1H3,(H,23,26). The van der Waals surface area contributed by atoms with Crippen LogP contribution in [0.25, 0.3) is 11.0 Å². The molecule has 1 aliphatic carbocycles. The number of amides is 1. The highest BCUT2D eigenvalue weighted by Gasteiger charge is 2.22. The summed E-state index contributed by atoms with van der Waals surface area (Å²) >= 11 is 0. The molecular weight excluding hydrogens is 328 g/mol. The zero-order chi connectivity index (χ0) is 17.9. The number of aromatic nitrogens is 3. The quantitative estimate of drug-likeness (QED) is 0.782. The molecule has 1 saturated carbocycles. The number of anilines is 1. The van der Waals surface area contributed by atoms with E-state index in [2.05, 4.69) is 26.0 Å². The fraction of sp³-hybridized carbons (Fsp3) is 0.632. The van der Waals surface area contributed by atoms with Gasteiger partial charge in [0.25, 0.3) is 5.91 Å². The van der Waals surface area contributed by atoms with Crippen molar-refractivity contribution in [1.29, 1.82) is 0 Å². The van der Waals surface area contributed by atoms with Gasteiger partial charge >= 0.3 is 0 Å². The zero-order valence-corrected chi connectivity index (χ0v) is 15.4. The average Bonchev–Trinajstić information content (AvgIpc) is 3.00. The van der Waals surface area contributed by atoms with Crippen LogP contribution in [0.4, 0.5) is 5.69 Å². The molecule has 0 bridgehead atoms. The number of fused-ring (bicyclic) bond motifs is 1. The zero-order valence-electron chi connectivity index (χ0n) is 15.4. The Balaban J connectivity index is 1.55. The molecule has 0 unspecified atom stereocenters. The molecule has 0 spiro atoms. The van der Waals surface area contributed by atoms with Gasteiger partial charge in [0.05, 0.1) is 17.3 Å². The SMILES string of the molecule is Cn1nc(C(=O)NC2CCNCC2)c2cc(NC3CCCCC3)cnc21. The van der Waals surface area contributed by atoms with Crippen molar-refractivity contribution in [3.8, 4) is 0 Å². The summed E-state index contributed by atoms with van der Waals surface area (Å²) < 4.78 is 1.69. The van der Waals surface area contributed by atoms with Gasteiger partial charge in [-0.3, -0.25) is 4.79 Å². The molecule has 2 aromatic heterocycles. The van der Waals surface area contributed by atoms with Crippen molar-refractivity contribution in [2.24, 2.45) is 7.05 Å². The van der Waals surface area contributed by atoms with E-state index in [1.807, 2.05) is 19.3 Å². The first kappa shape index (κ1) is 17.3. The van der Waals surface area contributed by atoms with Crippen molar-refractivity contribution in [2.75, 3.05) is 18.4 Å². The summed E-state index contributed by atoms with van der Waals surface area (Å²) in [6.45, 7) is 1.90. The number of carbonyl (C=O) groups excluding carboxylic acids is 1. The van der Waals surface area contributed by atoms with Gasteiger partial charge in [-0.2, -0.15) is 5.10 Å². The van der Waals surface area contributed by atoms with Crippen molar-refractivity contribution < 1.29 is 4.79 Å². The molecule has 1 saturated heterocycles. The first-order valence-electron chi connectivity index (χ1n) is 9.81. The third kappa shape index (κ3) is 3.67. The lowest BCUT2D eigenvalue weighted by Gasteiger charge is -2.24. The minimum Gasteiger partial charge on any atom is -0.381 e. The molecule has 3 heterocycles. The second kappa shape index (κ2) is 7.61. The maximum absolute atomic E-state index is 12.8. The van der Waals surface area contributed by atoms with E-state index in [-0.39, 0.29) is 11.9 Å². The molecule has 1 amide bonds. The van der Waals surface area contributed by atoms with Gasteiger partial charge < -0.3 is 16.0 Å². The van der Waals surface area contributed by atoms with Crippen LogP contribution in [0.1, 0.15) is 55.4 Å². The normalized spacial score (nSPS) is 19.6. The molecule has 140 valence electrons. The number of hydrogen-bond donors (Lipinski definition) is 3. The Hall–Kier alpha value is -2.15. The van der Waals surface area contributed by atoms with Gasteiger partial charge in [0.2, 0.25) is 0 Å². The molecule has 0 atom stereocenters. The van der Waals surface area contributed by atoms with Gasteiger partial charge in [-0.05, 0) is 44.8 Å². The first-order valence-corrected chi connectivity index (χ1v) is 9.81. The van der Waals surface area contributed by atoms with Crippen molar-refractivity contribution in [3.63, 3.8) is 0 Å². The topological polar surface area (TPSA) is 83.9 Å². The Labute approximate surface area is 153 Å². The summed E-state index contributed by atoms with van der Waals surface area (Å²) in [5.41, 5.74) is 2.20. The van der Waals surface area contributed by atoms with Crippen LogP contribution in [-0.4, -0.2) is 45.8 Å². The fourth-order valence-corrected chi connectivity index (χ4v) is 4.09. The molecule has 0 aromatic carbocycles. The number of hydrogen-bond acceptors (Lipinski definition) is 5. The van der Waals surface area contributed by atoms with Gasteiger partial charge in [-0.25, -0.2) is 9.67 Å². The largest absolute Gasteiger partial charge is 0.381 e. The molecule has 2 fully saturated rings. The summed E-state index contributed by atoms with van der Waals surface area (Å²) in [6.07, 6.45) is 10.1. The predicted molar refractivity (Wildman–Crippen MR) is 102 cm³/mol. The van der Waals surface area contributed by atoms with E-state index in [1.165, 1.54) is 32.1 Å². The van der Waals surface area contributed by atoms with Crippen LogP contribution in [0.3, 0.4) is 0 Å². The van der Waals surface area contributed by atoms with E-state index in [0.717, 1.165) is 42.7 Å². The minimum absolute atomic E-state index is 0.0980. The van der Waals surface area contributed by atoms with Crippen LogP contribution < -0.4 is 16.0 Å². The number of nitrogens with one attached hydrogen (secondary N) is 3. The highest BCUT2D eigenvalue weighted by Crippen LogP contribution is 2.24. The lowest BCUT2D eigenvalue weighted by molar-refractivity contribution is 0.0925. The number of carbonyl (C=O) groups is 1. The van der Waals surface area contributed by atoms with Crippen molar-refractivity contribution in [3.05, 3.63) is 18.0 Å². The Bertz CT molecular complexity index is 774. The highest BCUT2D eigenvalue weighted by molar-refractivity contribution is 6.04. The van der Waals surface area contributed by atoms with E-state index in [1.54, 1.807) is 4.68 Å². The number of aryl methyl sites for hydroxylation is 1. The first-order chi connectivity index (χ1) is 12.7. The number of pyridine rings is 1. The summed E-state index contributed by atoms with van der Waals surface area (Å²) in [4.78, 5) is 17.3. The number of nitrogens with zero attached hydrogens (tertiary/aromatic N) is 3. The Morgan fingerprint density at radius 3 is 2.69 bits per heavy atom. The molecule has 1 aliphatic heterocycles. The van der Waals surface area contributed by atoms with Crippen LogP contribution in [0.5, 0.6) is 0 Å². The maximum atomic E-state index is 12.8. The number of rotatable bonds is 4. The molecule has 7 nitrogen and oxygen atoms in total. The highest BCUT2D eigenvalue weighted by atomic mass is 16.2. The van der Waals surface area contributed by atoms with Gasteiger partial charge in [-0.1, -0.05) is 19.3 Å². The van der Waals surface area contributed by atoms with E-state index in [9.17, 15) is 4.79 Å². The van der Waals surface area contributed by atoms with Gasteiger partial charge in [0.15, 0.2) is 11.3 Å². The summed E-state index contributed by atoms with van der Waals surface area (Å²) in [5, 5.41) is 15.3. The second-order valence-electron chi connectivity index (χ2n) is 7.54. The monoisotopic (exact) mass is 356 g/mol. The van der Waals surface area contributed by atoms with Gasteiger partial charge in [0, 0.05) is 19.1 Å². The van der Waals surface area contributed by atoms with E-state index >= 15 is 0 Å². The predicted octanol–water partition coefficient (Wildman–Crippen LogP) is 2.19. The Morgan fingerprint density at radius 1 is 1.15 bits per heavy atom. The lowest BCUT2D eigenvalue weighted by atomic mass is 9.95. The van der Waals surface area contributed by atoms with E-state index in [4.69, 9.17) is 0 Å². The molecule has 2 aromatic rings. The summed E-state index contributed by atoms with van der Waals surface area (Å²) in [5.74, 6) is -0.0980. The van der Waals surface area contributed by atoms with Crippen LogP contribution >= 0.6 is 0 Å². The molecular formula is C19H28N6O. The minimum atomic E-state index is -0.0980. The smallest absolute Gasteiger partial charge is 0.272 e. The van der Waals surface area contributed by atoms with Crippen molar-refractivity contribution in [2.45, 2.75) is 57.0 Å². The molecule has 2 aliphatic rings.